The van der Waals surface area contributed by atoms with Crippen molar-refractivity contribution >= 4 is 0 Å². The molecule has 0 N–H and O–H groups in total. The zero-order valence-corrected chi connectivity index (χ0v) is 9.26. The highest BCUT2D eigenvalue weighted by atomic mass is 35.5. The molecule has 0 saturated heterocycles. The van der Waals surface area contributed by atoms with Crippen LogP contribution in [0.3, 0.4) is 0 Å². The summed E-state index contributed by atoms with van der Waals surface area (Å²) in [5.41, 5.74) is 2.49. The highest BCUT2D eigenvalue weighted by molar-refractivity contribution is 5.24. The molecule has 0 aliphatic heterocycles. The largest absolute Gasteiger partial charge is 1.00 e. The molecular formula is C11H17ClN2. The van der Waals surface area contributed by atoms with Crippen LogP contribution in [0, 0.1) is 11.3 Å². The molecule has 0 aromatic rings. The number of fused-ring (bicyclic) bond motifs is 1. The van der Waals surface area contributed by atoms with E-state index in [1.807, 2.05) is 0 Å². The lowest BCUT2D eigenvalue weighted by Crippen LogP contribution is -3.00. The third kappa shape index (κ3) is 2.27. The van der Waals surface area contributed by atoms with Crippen molar-refractivity contribution < 1.29 is 12.4 Å². The Kier molecular flexibility index (Phi) is 4.41. The standard InChI is InChI=1S/C11H17N2.ClH/c12-13-11-8-4-6-9-5-2-1-3-7-10(9)11;/h9H,1-8H2;1H/q+1;/p-1. The van der Waals surface area contributed by atoms with Gasteiger partial charge in [-0.25, -0.2) is 0 Å². The quantitative estimate of drug-likeness (QED) is 0.548. The Balaban J connectivity index is 0.000000980. The molecule has 2 nitrogen and oxygen atoms in total. The van der Waals surface area contributed by atoms with Crippen molar-refractivity contribution in [2.75, 3.05) is 0 Å². The lowest BCUT2D eigenvalue weighted by Gasteiger charge is -2.19. The summed E-state index contributed by atoms with van der Waals surface area (Å²) in [5, 5.41) is 8.89. The van der Waals surface area contributed by atoms with E-state index in [2.05, 4.69) is 4.98 Å². The van der Waals surface area contributed by atoms with Gasteiger partial charge in [-0.05, 0) is 38.0 Å². The van der Waals surface area contributed by atoms with Crippen LogP contribution in [0.4, 0.5) is 0 Å². The van der Waals surface area contributed by atoms with Crippen molar-refractivity contribution in [2.45, 2.75) is 51.4 Å². The number of rotatable bonds is 0. The summed E-state index contributed by atoms with van der Waals surface area (Å²) in [7, 11) is 0. The molecule has 0 aromatic carbocycles. The summed E-state index contributed by atoms with van der Waals surface area (Å²) in [6.07, 6.45) is 10.1. The van der Waals surface area contributed by atoms with Crippen LogP contribution in [-0.2, 0) is 0 Å². The number of halogens is 1. The van der Waals surface area contributed by atoms with Crippen LogP contribution in [0.25, 0.3) is 4.98 Å². The third-order valence-electron chi connectivity index (χ3n) is 3.45. The zero-order chi connectivity index (χ0) is 9.10. The van der Waals surface area contributed by atoms with Gasteiger partial charge in [0.2, 0.25) is 5.39 Å². The summed E-state index contributed by atoms with van der Waals surface area (Å²) < 4.78 is 0. The molecule has 1 atom stereocenters. The summed E-state index contributed by atoms with van der Waals surface area (Å²) in [6.45, 7) is 0. The molecule has 1 fully saturated rings. The van der Waals surface area contributed by atoms with E-state index in [4.69, 9.17) is 5.39 Å². The van der Waals surface area contributed by atoms with Gasteiger partial charge < -0.3 is 12.4 Å². The highest BCUT2D eigenvalue weighted by Crippen LogP contribution is 2.39. The molecule has 0 aromatic heterocycles. The number of allylic oxidation sites excluding steroid dienone is 2. The number of diazo groups is 1. The maximum absolute atomic E-state index is 8.89. The fourth-order valence-electron chi connectivity index (χ4n) is 2.75. The minimum Gasteiger partial charge on any atom is -1.00 e. The average Bonchev–Trinajstić information content (AvgIpc) is 2.41. The minimum absolute atomic E-state index is 0. The van der Waals surface area contributed by atoms with E-state index >= 15 is 0 Å². The van der Waals surface area contributed by atoms with Crippen molar-refractivity contribution in [3.63, 3.8) is 0 Å². The number of hydrogen-bond acceptors (Lipinski definition) is 1. The number of nitrogens with zero attached hydrogens (tertiary/aromatic N) is 2. The van der Waals surface area contributed by atoms with Crippen molar-refractivity contribution in [3.8, 4) is 0 Å². The lowest BCUT2D eigenvalue weighted by atomic mass is 9.83. The Bertz CT molecular complexity index is 265. The van der Waals surface area contributed by atoms with Crippen LogP contribution in [0.15, 0.2) is 11.3 Å². The van der Waals surface area contributed by atoms with Crippen LogP contribution in [-0.4, -0.2) is 0 Å². The van der Waals surface area contributed by atoms with Gasteiger partial charge >= 0.3 is 5.70 Å². The second-order valence-electron chi connectivity index (χ2n) is 4.26. The Morgan fingerprint density at radius 3 is 2.57 bits per heavy atom. The van der Waals surface area contributed by atoms with Crippen molar-refractivity contribution in [1.29, 1.82) is 5.39 Å². The third-order valence-corrected chi connectivity index (χ3v) is 3.45. The molecule has 2 aliphatic rings. The van der Waals surface area contributed by atoms with E-state index in [1.165, 1.54) is 50.5 Å². The molecule has 1 unspecified atom stereocenters. The summed E-state index contributed by atoms with van der Waals surface area (Å²) >= 11 is 0. The molecule has 3 heteroatoms. The highest BCUT2D eigenvalue weighted by Gasteiger charge is 2.30. The van der Waals surface area contributed by atoms with Crippen LogP contribution in [0.1, 0.15) is 51.4 Å². The van der Waals surface area contributed by atoms with E-state index in [9.17, 15) is 0 Å². The molecule has 0 heterocycles. The molecule has 1 saturated carbocycles. The molecule has 0 amide bonds. The van der Waals surface area contributed by atoms with Crippen LogP contribution in [0.2, 0.25) is 0 Å². The van der Waals surface area contributed by atoms with Crippen LogP contribution < -0.4 is 12.4 Å². The summed E-state index contributed by atoms with van der Waals surface area (Å²) in [5.74, 6) is 0.752. The van der Waals surface area contributed by atoms with Crippen molar-refractivity contribution in [2.24, 2.45) is 5.92 Å². The SMILES string of the molecule is N#[N+]C1=C2CCCCCC2CCC1.[Cl-]. The molecule has 2 aliphatic carbocycles. The van der Waals surface area contributed by atoms with Gasteiger partial charge in [-0.15, -0.1) is 0 Å². The van der Waals surface area contributed by atoms with Gasteiger partial charge in [0.05, 0.1) is 6.42 Å². The molecular weight excluding hydrogens is 196 g/mol. The summed E-state index contributed by atoms with van der Waals surface area (Å²) in [6, 6.07) is 0. The molecule has 0 bridgehead atoms. The van der Waals surface area contributed by atoms with Gasteiger partial charge in [-0.3, -0.25) is 0 Å². The first kappa shape index (κ1) is 11.5. The lowest BCUT2D eigenvalue weighted by molar-refractivity contribution is -0.00000299. The zero-order valence-electron chi connectivity index (χ0n) is 8.51. The van der Waals surface area contributed by atoms with E-state index in [1.54, 1.807) is 0 Å². The first-order valence-electron chi connectivity index (χ1n) is 5.49. The second kappa shape index (κ2) is 5.36. The molecule has 2 rings (SSSR count). The fourth-order valence-corrected chi connectivity index (χ4v) is 2.75. The van der Waals surface area contributed by atoms with Gasteiger partial charge in [0.25, 0.3) is 0 Å². The van der Waals surface area contributed by atoms with E-state index in [0.29, 0.717) is 0 Å². The molecule has 78 valence electrons. The van der Waals surface area contributed by atoms with E-state index in [0.717, 1.165) is 18.0 Å². The van der Waals surface area contributed by atoms with Crippen molar-refractivity contribution in [3.05, 3.63) is 16.2 Å². The monoisotopic (exact) mass is 212 g/mol. The van der Waals surface area contributed by atoms with Crippen molar-refractivity contribution in [1.82, 2.24) is 0 Å². The van der Waals surface area contributed by atoms with Gasteiger partial charge in [0, 0.05) is 5.57 Å². The first-order chi connectivity index (χ1) is 6.42. The second-order valence-corrected chi connectivity index (χ2v) is 4.26. The van der Waals surface area contributed by atoms with Crippen LogP contribution >= 0.6 is 0 Å². The van der Waals surface area contributed by atoms with Crippen LogP contribution in [0.5, 0.6) is 0 Å². The smallest absolute Gasteiger partial charge is 0.361 e. The molecule has 14 heavy (non-hydrogen) atoms. The fraction of sp³-hybridized carbons (Fsp3) is 0.818. The molecule has 0 spiro atoms. The Morgan fingerprint density at radius 2 is 1.79 bits per heavy atom. The van der Waals surface area contributed by atoms with Gasteiger partial charge in [0.15, 0.2) is 4.98 Å². The average molecular weight is 213 g/mol. The Morgan fingerprint density at radius 1 is 1.00 bits per heavy atom. The number of hydrogen-bond donors (Lipinski definition) is 0. The van der Waals surface area contributed by atoms with E-state index < -0.39 is 0 Å². The normalized spacial score (nSPS) is 26.9. The maximum Gasteiger partial charge on any atom is 0.361 e. The minimum atomic E-state index is 0. The topological polar surface area (TPSA) is 28.1 Å². The Labute approximate surface area is 91.8 Å². The predicted octanol–water partition coefficient (Wildman–Crippen LogP) is 0.862. The Hall–Kier alpha value is -0.550. The predicted molar refractivity (Wildman–Crippen MR) is 52.5 cm³/mol. The van der Waals surface area contributed by atoms with Gasteiger partial charge in [0.1, 0.15) is 0 Å². The van der Waals surface area contributed by atoms with Gasteiger partial charge in [-0.1, -0.05) is 12.8 Å². The summed E-state index contributed by atoms with van der Waals surface area (Å²) in [4.78, 5) is 3.45. The van der Waals surface area contributed by atoms with Gasteiger partial charge in [-0.2, -0.15) is 0 Å². The first-order valence-corrected chi connectivity index (χ1v) is 5.49. The van der Waals surface area contributed by atoms with E-state index in [-0.39, 0.29) is 12.4 Å². The maximum atomic E-state index is 8.89. The molecule has 0 radical (unpaired) electrons.